The van der Waals surface area contributed by atoms with Crippen LogP contribution in [0.3, 0.4) is 0 Å². The normalized spacial score (nSPS) is 10.6. The molecule has 146 valence electrons. The summed E-state index contributed by atoms with van der Waals surface area (Å²) >= 11 is 0. The molecule has 7 heteroatoms. The maximum absolute atomic E-state index is 13.1. The van der Waals surface area contributed by atoms with Crippen LogP contribution in [-0.4, -0.2) is 39.7 Å². The van der Waals surface area contributed by atoms with Crippen LogP contribution in [0, 0.1) is 0 Å². The number of ether oxygens (including phenoxy) is 4. The molecule has 28 heavy (non-hydrogen) atoms. The number of methoxy groups -OCH3 is 3. The predicted molar refractivity (Wildman–Crippen MR) is 102 cm³/mol. The number of hydrogen-bond acceptors (Lipinski definition) is 7. The fourth-order valence-corrected chi connectivity index (χ4v) is 2.88. The van der Waals surface area contributed by atoms with E-state index in [4.69, 9.17) is 23.4 Å². The fraction of sp³-hybridized carbons (Fsp3) is 0.238. The number of ketones is 1. The highest BCUT2D eigenvalue weighted by molar-refractivity contribution is 6.18. The molecule has 0 fully saturated rings. The average molecular weight is 384 g/mol. The highest BCUT2D eigenvalue weighted by atomic mass is 16.5. The lowest BCUT2D eigenvalue weighted by atomic mass is 10.0. The standard InChI is InChI=1S/C21H20O7/c1-5-27-21(23)18-14-8-7-13(24-2)11-16(14)28-20(18)19(22)12-6-9-15(25-3)17(10-12)26-4/h6-11H,5H2,1-4H3. The summed E-state index contributed by atoms with van der Waals surface area (Å²) in [5.41, 5.74) is 0.722. The van der Waals surface area contributed by atoms with Crippen LogP contribution in [0.4, 0.5) is 0 Å². The van der Waals surface area contributed by atoms with Crippen LogP contribution < -0.4 is 14.2 Å². The molecule has 0 spiro atoms. The lowest BCUT2D eigenvalue weighted by Gasteiger charge is -2.09. The zero-order chi connectivity index (χ0) is 20.3. The molecule has 0 aliphatic heterocycles. The van der Waals surface area contributed by atoms with Gasteiger partial charge in [-0.2, -0.15) is 0 Å². The van der Waals surface area contributed by atoms with Crippen LogP contribution in [-0.2, 0) is 4.74 Å². The largest absolute Gasteiger partial charge is 0.497 e. The van der Waals surface area contributed by atoms with Crippen molar-refractivity contribution in [1.29, 1.82) is 0 Å². The third-order valence-electron chi connectivity index (χ3n) is 4.23. The summed E-state index contributed by atoms with van der Waals surface area (Å²) in [6.45, 7) is 1.87. The first-order valence-electron chi connectivity index (χ1n) is 8.58. The molecule has 0 radical (unpaired) electrons. The molecule has 0 N–H and O–H groups in total. The second-order valence-electron chi connectivity index (χ2n) is 5.79. The number of furan rings is 1. The summed E-state index contributed by atoms with van der Waals surface area (Å²) in [4.78, 5) is 25.7. The molecule has 0 aliphatic rings. The number of carbonyl (C=O) groups excluding carboxylic acids is 2. The number of carbonyl (C=O) groups is 2. The molecule has 3 rings (SSSR count). The SMILES string of the molecule is CCOC(=O)c1c(C(=O)c2ccc(OC)c(OC)c2)oc2cc(OC)ccc12. The van der Waals surface area contributed by atoms with Gasteiger partial charge in [0, 0.05) is 17.0 Å². The molecule has 3 aromatic rings. The average Bonchev–Trinajstić information content (AvgIpc) is 3.11. The van der Waals surface area contributed by atoms with E-state index < -0.39 is 11.8 Å². The number of hydrogen-bond donors (Lipinski definition) is 0. The first-order valence-corrected chi connectivity index (χ1v) is 8.58. The Morgan fingerprint density at radius 1 is 0.929 bits per heavy atom. The Labute approximate surface area is 161 Å². The molecule has 0 saturated carbocycles. The van der Waals surface area contributed by atoms with Gasteiger partial charge in [0.05, 0.1) is 27.9 Å². The second-order valence-corrected chi connectivity index (χ2v) is 5.79. The molecule has 0 unspecified atom stereocenters. The summed E-state index contributed by atoms with van der Waals surface area (Å²) in [7, 11) is 4.50. The Hall–Kier alpha value is -3.48. The van der Waals surface area contributed by atoms with Crippen molar-refractivity contribution < 1.29 is 33.0 Å². The van der Waals surface area contributed by atoms with E-state index in [1.807, 2.05) is 0 Å². The van der Waals surface area contributed by atoms with Gasteiger partial charge in [-0.15, -0.1) is 0 Å². The topological polar surface area (TPSA) is 84.2 Å². The fourth-order valence-electron chi connectivity index (χ4n) is 2.88. The third-order valence-corrected chi connectivity index (χ3v) is 4.23. The first-order chi connectivity index (χ1) is 13.5. The van der Waals surface area contributed by atoms with E-state index in [1.54, 1.807) is 37.3 Å². The first kappa shape index (κ1) is 19.3. The smallest absolute Gasteiger partial charge is 0.342 e. The number of fused-ring (bicyclic) bond motifs is 1. The lowest BCUT2D eigenvalue weighted by molar-refractivity contribution is 0.0524. The highest BCUT2D eigenvalue weighted by Gasteiger charge is 2.28. The molecule has 1 heterocycles. The number of esters is 1. The van der Waals surface area contributed by atoms with Crippen LogP contribution in [0.1, 0.15) is 33.4 Å². The van der Waals surface area contributed by atoms with Crippen molar-refractivity contribution in [2.24, 2.45) is 0 Å². The van der Waals surface area contributed by atoms with Crippen molar-refractivity contribution in [3.63, 3.8) is 0 Å². The van der Waals surface area contributed by atoms with Crippen molar-refractivity contribution in [2.45, 2.75) is 6.92 Å². The monoisotopic (exact) mass is 384 g/mol. The summed E-state index contributed by atoms with van der Waals surface area (Å²) in [5, 5.41) is 0.475. The Kier molecular flexibility index (Phi) is 5.54. The highest BCUT2D eigenvalue weighted by Crippen LogP contribution is 2.33. The van der Waals surface area contributed by atoms with Crippen molar-refractivity contribution in [1.82, 2.24) is 0 Å². The molecule has 0 saturated heterocycles. The van der Waals surface area contributed by atoms with Crippen molar-refractivity contribution in [3.8, 4) is 17.2 Å². The maximum Gasteiger partial charge on any atom is 0.342 e. The summed E-state index contributed by atoms with van der Waals surface area (Å²) in [5.74, 6) is 0.216. The van der Waals surface area contributed by atoms with Crippen LogP contribution in [0.5, 0.6) is 17.2 Å². The van der Waals surface area contributed by atoms with Crippen LogP contribution in [0.25, 0.3) is 11.0 Å². The minimum Gasteiger partial charge on any atom is -0.497 e. The van der Waals surface area contributed by atoms with Crippen LogP contribution >= 0.6 is 0 Å². The molecular formula is C21H20O7. The number of rotatable bonds is 7. The summed E-state index contributed by atoms with van der Waals surface area (Å²) in [6, 6.07) is 9.68. The summed E-state index contributed by atoms with van der Waals surface area (Å²) in [6.07, 6.45) is 0. The van der Waals surface area contributed by atoms with Gasteiger partial charge in [-0.25, -0.2) is 4.79 Å². The van der Waals surface area contributed by atoms with E-state index in [-0.39, 0.29) is 23.5 Å². The molecule has 2 aromatic carbocycles. The van der Waals surface area contributed by atoms with Crippen molar-refractivity contribution >= 4 is 22.7 Å². The molecule has 0 aliphatic carbocycles. The molecule has 0 bridgehead atoms. The molecule has 7 nitrogen and oxygen atoms in total. The maximum atomic E-state index is 13.1. The minimum absolute atomic E-state index is 0.0827. The van der Waals surface area contributed by atoms with Gasteiger partial charge in [0.1, 0.15) is 16.9 Å². The van der Waals surface area contributed by atoms with Crippen LogP contribution in [0.15, 0.2) is 40.8 Å². The Balaban J connectivity index is 2.16. The van der Waals surface area contributed by atoms with Gasteiger partial charge in [0.15, 0.2) is 17.3 Å². The third kappa shape index (κ3) is 3.38. The zero-order valence-corrected chi connectivity index (χ0v) is 16.0. The van der Waals surface area contributed by atoms with Crippen molar-refractivity contribution in [3.05, 3.63) is 53.3 Å². The van der Waals surface area contributed by atoms with E-state index in [1.165, 1.54) is 27.4 Å². The van der Waals surface area contributed by atoms with E-state index in [2.05, 4.69) is 0 Å². The molecule has 0 amide bonds. The molecule has 1 aromatic heterocycles. The minimum atomic E-state index is -0.629. The lowest BCUT2D eigenvalue weighted by Crippen LogP contribution is -2.11. The van der Waals surface area contributed by atoms with Gasteiger partial charge in [-0.05, 0) is 37.3 Å². The van der Waals surface area contributed by atoms with Crippen molar-refractivity contribution in [2.75, 3.05) is 27.9 Å². The second kappa shape index (κ2) is 8.04. The Bertz CT molecular complexity index is 1030. The van der Waals surface area contributed by atoms with Gasteiger partial charge in [0.2, 0.25) is 5.78 Å². The van der Waals surface area contributed by atoms with Gasteiger partial charge >= 0.3 is 5.97 Å². The summed E-state index contributed by atoms with van der Waals surface area (Å²) < 4.78 is 26.5. The van der Waals surface area contributed by atoms with Gasteiger partial charge in [0.25, 0.3) is 0 Å². The van der Waals surface area contributed by atoms with E-state index in [0.29, 0.717) is 28.2 Å². The van der Waals surface area contributed by atoms with E-state index in [0.717, 1.165) is 0 Å². The number of benzene rings is 2. The predicted octanol–water partition coefficient (Wildman–Crippen LogP) is 3.87. The van der Waals surface area contributed by atoms with E-state index in [9.17, 15) is 9.59 Å². The molecule has 0 atom stereocenters. The van der Waals surface area contributed by atoms with Gasteiger partial charge in [-0.3, -0.25) is 4.79 Å². The van der Waals surface area contributed by atoms with Gasteiger partial charge < -0.3 is 23.4 Å². The van der Waals surface area contributed by atoms with E-state index >= 15 is 0 Å². The Morgan fingerprint density at radius 3 is 2.32 bits per heavy atom. The molecular weight excluding hydrogens is 364 g/mol. The quantitative estimate of drug-likeness (QED) is 0.452. The zero-order valence-electron chi connectivity index (χ0n) is 16.0. The van der Waals surface area contributed by atoms with Gasteiger partial charge in [-0.1, -0.05) is 0 Å². The van der Waals surface area contributed by atoms with Crippen LogP contribution in [0.2, 0.25) is 0 Å². The Morgan fingerprint density at radius 2 is 1.68 bits per heavy atom.